The molecule has 2 N–H and O–H groups in total. The van der Waals surface area contributed by atoms with E-state index >= 15 is 0 Å². The van der Waals surface area contributed by atoms with Crippen LogP contribution in [0.2, 0.25) is 0 Å². The number of hydrogen-bond donors (Lipinski definition) is 2. The average molecular weight is 486 g/mol. The van der Waals surface area contributed by atoms with Crippen molar-refractivity contribution in [2.75, 3.05) is 33.7 Å². The summed E-state index contributed by atoms with van der Waals surface area (Å²) in [6, 6.07) is 22.5. The highest BCUT2D eigenvalue weighted by molar-refractivity contribution is 6.03. The maximum absolute atomic E-state index is 14.1. The minimum absolute atomic E-state index is 0.00696. The number of hydrogen-bond acceptors (Lipinski definition) is 4. The Morgan fingerprint density at radius 2 is 1.36 bits per heavy atom. The molecule has 0 saturated carbocycles. The average Bonchev–Trinajstić information content (AvgIpc) is 3.20. The molecule has 1 aromatic heterocycles. The van der Waals surface area contributed by atoms with Crippen molar-refractivity contribution in [2.24, 2.45) is 0 Å². The Kier molecular flexibility index (Phi) is 7.65. The summed E-state index contributed by atoms with van der Waals surface area (Å²) in [6.45, 7) is 6.71. The van der Waals surface area contributed by atoms with Crippen molar-refractivity contribution < 1.29 is 15.0 Å². The molecule has 1 amide bonds. The number of para-hydroxylation sites is 1. The molecule has 6 nitrogen and oxygen atoms in total. The van der Waals surface area contributed by atoms with Crippen LogP contribution in [0.25, 0.3) is 10.9 Å². The third kappa shape index (κ3) is 4.95. The normalized spacial score (nSPS) is 11.5. The highest BCUT2D eigenvalue weighted by Gasteiger charge is 2.31. The molecule has 6 heteroatoms. The van der Waals surface area contributed by atoms with Gasteiger partial charge in [-0.1, -0.05) is 42.5 Å². The van der Waals surface area contributed by atoms with Gasteiger partial charge in [-0.2, -0.15) is 0 Å². The Morgan fingerprint density at radius 1 is 0.833 bits per heavy atom. The fourth-order valence-corrected chi connectivity index (χ4v) is 4.91. The first-order valence-electron chi connectivity index (χ1n) is 12.5. The van der Waals surface area contributed by atoms with Gasteiger partial charge >= 0.3 is 0 Å². The van der Waals surface area contributed by atoms with Gasteiger partial charge in [0, 0.05) is 48.6 Å². The lowest BCUT2D eigenvalue weighted by Gasteiger charge is -2.25. The van der Waals surface area contributed by atoms with Gasteiger partial charge in [0.15, 0.2) is 0 Å². The zero-order valence-electron chi connectivity index (χ0n) is 21.5. The number of likely N-dealkylation sites (N-methyl/N-ethyl adjacent to an activating group) is 1. The van der Waals surface area contributed by atoms with Crippen LogP contribution in [0, 0.1) is 0 Å². The van der Waals surface area contributed by atoms with Crippen LogP contribution in [0.1, 0.15) is 46.9 Å². The number of benzene rings is 3. The zero-order valence-corrected chi connectivity index (χ0v) is 21.5. The van der Waals surface area contributed by atoms with E-state index in [1.807, 2.05) is 69.2 Å². The van der Waals surface area contributed by atoms with Crippen molar-refractivity contribution in [3.8, 4) is 11.5 Å². The topological polar surface area (TPSA) is 68.9 Å². The van der Waals surface area contributed by atoms with Crippen LogP contribution in [0.15, 0.2) is 72.8 Å². The Morgan fingerprint density at radius 3 is 1.86 bits per heavy atom. The molecule has 0 aliphatic heterocycles. The molecule has 0 unspecified atom stereocenters. The minimum Gasteiger partial charge on any atom is -0.508 e. The van der Waals surface area contributed by atoms with Crippen LogP contribution in [0.5, 0.6) is 11.5 Å². The van der Waals surface area contributed by atoms with Crippen molar-refractivity contribution in [3.05, 3.63) is 95.2 Å². The highest BCUT2D eigenvalue weighted by atomic mass is 16.3. The molecule has 0 aliphatic carbocycles. The molecule has 0 fully saturated rings. The smallest absolute Gasteiger partial charge is 0.270 e. The molecular weight excluding hydrogens is 450 g/mol. The molecule has 188 valence electrons. The molecule has 0 aliphatic rings. The largest absolute Gasteiger partial charge is 0.508 e. The van der Waals surface area contributed by atoms with E-state index in [1.54, 1.807) is 24.3 Å². The summed E-state index contributed by atoms with van der Waals surface area (Å²) in [5.41, 5.74) is 4.57. The van der Waals surface area contributed by atoms with E-state index in [0.717, 1.165) is 34.1 Å². The first kappa shape index (κ1) is 25.3. The van der Waals surface area contributed by atoms with Crippen LogP contribution < -0.4 is 0 Å². The number of nitrogens with zero attached hydrogens (tertiary/aromatic N) is 3. The van der Waals surface area contributed by atoms with Crippen LogP contribution in [-0.4, -0.2) is 64.2 Å². The van der Waals surface area contributed by atoms with Gasteiger partial charge in [0.05, 0.1) is 0 Å². The number of carbonyl (C=O) groups excluding carboxylic acids is 1. The standard InChI is InChI=1S/C30H35N3O3/c1-5-32(6-2)30(36)29-28(25-9-7-8-10-26(25)33(29)20-19-31(3)4)27(21-11-15-23(34)16-12-21)22-13-17-24(35)18-14-22/h7-18,27,34-35H,5-6,19-20H2,1-4H3. The molecule has 0 radical (unpaired) electrons. The third-order valence-corrected chi connectivity index (χ3v) is 6.78. The first-order valence-corrected chi connectivity index (χ1v) is 12.5. The van der Waals surface area contributed by atoms with Crippen LogP contribution in [0.4, 0.5) is 0 Å². The lowest BCUT2D eigenvalue weighted by molar-refractivity contribution is 0.0760. The fourth-order valence-electron chi connectivity index (χ4n) is 4.91. The lowest BCUT2D eigenvalue weighted by atomic mass is 9.83. The predicted octanol–water partition coefficient (Wildman–Crippen LogP) is 5.28. The van der Waals surface area contributed by atoms with Gasteiger partial charge in [-0.05, 0) is 69.4 Å². The molecule has 0 spiro atoms. The number of fused-ring (bicyclic) bond motifs is 1. The van der Waals surface area contributed by atoms with Crippen molar-refractivity contribution in [3.63, 3.8) is 0 Å². The number of amides is 1. The first-order chi connectivity index (χ1) is 17.3. The predicted molar refractivity (Wildman–Crippen MR) is 145 cm³/mol. The molecule has 1 heterocycles. The van der Waals surface area contributed by atoms with Crippen molar-refractivity contribution in [2.45, 2.75) is 26.3 Å². The quantitative estimate of drug-likeness (QED) is 0.339. The van der Waals surface area contributed by atoms with Crippen molar-refractivity contribution in [1.29, 1.82) is 0 Å². The van der Waals surface area contributed by atoms with Crippen LogP contribution in [-0.2, 0) is 6.54 Å². The van der Waals surface area contributed by atoms with Crippen LogP contribution in [0.3, 0.4) is 0 Å². The Hall–Kier alpha value is -3.77. The summed E-state index contributed by atoms with van der Waals surface area (Å²) in [5.74, 6) is 0.117. The summed E-state index contributed by atoms with van der Waals surface area (Å²) in [6.07, 6.45) is 0. The SMILES string of the molecule is CCN(CC)C(=O)c1c(C(c2ccc(O)cc2)c2ccc(O)cc2)c2ccccc2n1CCN(C)C. The molecule has 3 aromatic carbocycles. The second-order valence-electron chi connectivity index (χ2n) is 9.33. The Balaban J connectivity index is 2.08. The van der Waals surface area contributed by atoms with Crippen molar-refractivity contribution >= 4 is 16.8 Å². The van der Waals surface area contributed by atoms with E-state index in [0.29, 0.717) is 25.3 Å². The molecule has 0 bridgehead atoms. The number of phenols is 2. The zero-order chi connectivity index (χ0) is 25.8. The second-order valence-corrected chi connectivity index (χ2v) is 9.33. The van der Waals surface area contributed by atoms with Gasteiger partial charge in [0.25, 0.3) is 5.91 Å². The molecule has 36 heavy (non-hydrogen) atoms. The van der Waals surface area contributed by atoms with E-state index in [-0.39, 0.29) is 23.3 Å². The monoisotopic (exact) mass is 485 g/mol. The van der Waals surface area contributed by atoms with Crippen LogP contribution >= 0.6 is 0 Å². The van der Waals surface area contributed by atoms with Gasteiger partial charge in [-0.3, -0.25) is 4.79 Å². The maximum Gasteiger partial charge on any atom is 0.270 e. The molecule has 0 atom stereocenters. The number of aromatic hydroxyl groups is 2. The maximum atomic E-state index is 14.1. The summed E-state index contributed by atoms with van der Waals surface area (Å²) >= 11 is 0. The van der Waals surface area contributed by atoms with Gasteiger partial charge in [0.2, 0.25) is 0 Å². The number of aromatic nitrogens is 1. The van der Waals surface area contributed by atoms with Gasteiger partial charge in [0.1, 0.15) is 17.2 Å². The summed E-state index contributed by atoms with van der Waals surface area (Å²) in [7, 11) is 4.07. The molecule has 4 aromatic rings. The van der Waals surface area contributed by atoms with Gasteiger partial charge in [-0.15, -0.1) is 0 Å². The summed E-state index contributed by atoms with van der Waals surface area (Å²) in [4.78, 5) is 18.1. The third-order valence-electron chi connectivity index (χ3n) is 6.78. The Labute approximate surface area is 213 Å². The van der Waals surface area contributed by atoms with Gasteiger partial charge < -0.3 is 24.6 Å². The summed E-state index contributed by atoms with van der Waals surface area (Å²) < 4.78 is 2.17. The Bertz CT molecular complexity index is 1270. The molecular formula is C30H35N3O3. The number of phenolic OH excluding ortho intramolecular Hbond substituents is 2. The second kappa shape index (κ2) is 10.9. The van der Waals surface area contributed by atoms with Gasteiger partial charge in [-0.25, -0.2) is 0 Å². The molecule has 4 rings (SSSR count). The highest BCUT2D eigenvalue weighted by Crippen LogP contribution is 2.41. The van der Waals surface area contributed by atoms with E-state index in [4.69, 9.17) is 0 Å². The van der Waals surface area contributed by atoms with Crippen molar-refractivity contribution in [1.82, 2.24) is 14.4 Å². The molecule has 0 saturated heterocycles. The van der Waals surface area contributed by atoms with E-state index in [9.17, 15) is 15.0 Å². The van der Waals surface area contributed by atoms with E-state index in [1.165, 1.54) is 0 Å². The van der Waals surface area contributed by atoms with E-state index < -0.39 is 0 Å². The fraction of sp³-hybridized carbons (Fsp3) is 0.300. The number of rotatable bonds is 9. The number of carbonyl (C=O) groups is 1. The summed E-state index contributed by atoms with van der Waals surface area (Å²) in [5, 5.41) is 21.0. The van der Waals surface area contributed by atoms with E-state index in [2.05, 4.69) is 21.6 Å². The minimum atomic E-state index is -0.272. The lowest BCUT2D eigenvalue weighted by Crippen LogP contribution is -2.34.